The minimum absolute atomic E-state index is 0.233. The van der Waals surface area contributed by atoms with Crippen molar-refractivity contribution in [2.75, 3.05) is 32.6 Å². The summed E-state index contributed by atoms with van der Waals surface area (Å²) < 4.78 is 0. The Hall–Kier alpha value is -1.48. The zero-order valence-corrected chi connectivity index (χ0v) is 11.7. The van der Waals surface area contributed by atoms with Gasteiger partial charge in [0.15, 0.2) is 16.8 Å². The highest BCUT2D eigenvalue weighted by atomic mass is 35.5. The number of nitrogens with zero attached hydrogens (tertiary/aromatic N) is 4. The topological polar surface area (TPSA) is 85.4 Å². The van der Waals surface area contributed by atoms with Crippen LogP contribution in [0.2, 0.25) is 5.15 Å². The van der Waals surface area contributed by atoms with Crippen molar-refractivity contribution >= 4 is 23.4 Å². The maximum Gasteiger partial charge on any atom is 0.343 e. The van der Waals surface area contributed by atoms with Gasteiger partial charge in [0.1, 0.15) is 0 Å². The molecular formula is C10H16ClN7O. The van der Waals surface area contributed by atoms with Gasteiger partial charge in [-0.1, -0.05) is 11.6 Å². The van der Waals surface area contributed by atoms with Crippen LogP contribution in [0, 0.1) is 0 Å². The standard InChI is InChI=1S/C10H16ClN7O/c1-12-10(13-2)6-17(9(19)18(10)14-3)8-5-4-7(11)15-16-8/h4-5,12-14H,6H2,1-3H3. The molecule has 0 spiro atoms. The number of carbonyl (C=O) groups excluding carboxylic acids is 1. The smallest absolute Gasteiger partial charge is 0.282 e. The van der Waals surface area contributed by atoms with Crippen LogP contribution in [-0.2, 0) is 0 Å². The number of nitrogens with one attached hydrogen (secondary N) is 3. The highest BCUT2D eigenvalue weighted by Gasteiger charge is 2.49. The van der Waals surface area contributed by atoms with Crippen molar-refractivity contribution in [2.24, 2.45) is 0 Å². The van der Waals surface area contributed by atoms with E-state index in [0.29, 0.717) is 12.4 Å². The molecule has 1 aromatic rings. The molecule has 1 fully saturated rings. The van der Waals surface area contributed by atoms with Crippen LogP contribution in [0.25, 0.3) is 0 Å². The van der Waals surface area contributed by atoms with Gasteiger partial charge in [0.2, 0.25) is 0 Å². The molecule has 104 valence electrons. The summed E-state index contributed by atoms with van der Waals surface area (Å²) in [6.07, 6.45) is 0. The summed E-state index contributed by atoms with van der Waals surface area (Å²) in [6, 6.07) is 3.02. The lowest BCUT2D eigenvalue weighted by Crippen LogP contribution is -2.68. The molecule has 3 N–H and O–H groups in total. The van der Waals surface area contributed by atoms with Crippen LogP contribution in [0.4, 0.5) is 10.6 Å². The van der Waals surface area contributed by atoms with Gasteiger partial charge in [-0.2, -0.15) is 0 Å². The van der Waals surface area contributed by atoms with Crippen LogP contribution in [-0.4, -0.2) is 54.7 Å². The SMILES string of the molecule is CNN1C(=O)N(c2ccc(Cl)nn2)CC1(NC)NC. The molecule has 0 radical (unpaired) electrons. The van der Waals surface area contributed by atoms with Crippen molar-refractivity contribution in [3.05, 3.63) is 17.3 Å². The molecular weight excluding hydrogens is 270 g/mol. The molecule has 9 heteroatoms. The van der Waals surface area contributed by atoms with Crippen LogP contribution < -0.4 is 21.0 Å². The third-order valence-electron chi connectivity index (χ3n) is 3.14. The molecule has 19 heavy (non-hydrogen) atoms. The van der Waals surface area contributed by atoms with Crippen molar-refractivity contribution in [1.29, 1.82) is 0 Å². The summed E-state index contributed by atoms with van der Waals surface area (Å²) in [5.41, 5.74) is 2.86. The first-order valence-electron chi connectivity index (χ1n) is 5.74. The molecule has 0 aromatic carbocycles. The van der Waals surface area contributed by atoms with Crippen LogP contribution in [0.5, 0.6) is 0 Å². The van der Waals surface area contributed by atoms with Gasteiger partial charge in [-0.15, -0.1) is 10.2 Å². The normalized spacial score (nSPS) is 18.2. The van der Waals surface area contributed by atoms with E-state index in [1.807, 2.05) is 0 Å². The predicted octanol–water partition coefficient (Wildman–Crippen LogP) is -0.401. The number of anilines is 1. The number of urea groups is 1. The number of likely N-dealkylation sites (N-methyl/N-ethyl adjacent to an activating group) is 2. The molecule has 0 aliphatic carbocycles. The molecule has 1 aromatic heterocycles. The minimum Gasteiger partial charge on any atom is -0.282 e. The minimum atomic E-state index is -0.715. The van der Waals surface area contributed by atoms with Gasteiger partial charge in [0.05, 0.1) is 6.54 Å². The van der Waals surface area contributed by atoms with E-state index in [4.69, 9.17) is 11.6 Å². The number of hydrogen-bond acceptors (Lipinski definition) is 6. The second kappa shape index (κ2) is 5.25. The molecule has 2 heterocycles. The van der Waals surface area contributed by atoms with Gasteiger partial charge in [-0.3, -0.25) is 15.5 Å². The zero-order valence-electron chi connectivity index (χ0n) is 10.9. The van der Waals surface area contributed by atoms with Crippen LogP contribution in [0.3, 0.4) is 0 Å². The lowest BCUT2D eigenvalue weighted by Gasteiger charge is -2.35. The highest BCUT2D eigenvalue weighted by molar-refractivity contribution is 6.29. The van der Waals surface area contributed by atoms with E-state index in [2.05, 4.69) is 26.3 Å². The van der Waals surface area contributed by atoms with Gasteiger partial charge < -0.3 is 0 Å². The average molecular weight is 286 g/mol. The first-order valence-corrected chi connectivity index (χ1v) is 6.12. The predicted molar refractivity (Wildman–Crippen MR) is 71.5 cm³/mol. The molecule has 0 unspecified atom stereocenters. The Bertz CT molecular complexity index is 461. The summed E-state index contributed by atoms with van der Waals surface area (Å²) >= 11 is 5.70. The Kier molecular flexibility index (Phi) is 3.85. The number of hydrazine groups is 1. The Labute approximate surface area is 116 Å². The molecule has 0 saturated carbocycles. The summed E-state index contributed by atoms with van der Waals surface area (Å²) in [6.45, 7) is 0.371. The Balaban J connectivity index is 2.34. The van der Waals surface area contributed by atoms with Crippen LogP contribution in [0.15, 0.2) is 12.1 Å². The highest BCUT2D eigenvalue weighted by Crippen LogP contribution is 2.24. The summed E-state index contributed by atoms with van der Waals surface area (Å²) in [5.74, 6) is -0.269. The van der Waals surface area contributed by atoms with Crippen molar-refractivity contribution in [2.45, 2.75) is 5.79 Å². The number of aromatic nitrogens is 2. The van der Waals surface area contributed by atoms with E-state index in [-0.39, 0.29) is 11.2 Å². The Morgan fingerprint density at radius 3 is 2.37 bits per heavy atom. The molecule has 1 aliphatic rings. The Morgan fingerprint density at radius 1 is 1.26 bits per heavy atom. The van der Waals surface area contributed by atoms with Crippen LogP contribution in [0.1, 0.15) is 0 Å². The first-order chi connectivity index (χ1) is 9.07. The quantitative estimate of drug-likeness (QED) is 0.653. The molecule has 2 amide bonds. The fourth-order valence-electron chi connectivity index (χ4n) is 2.08. The molecule has 0 atom stereocenters. The molecule has 2 rings (SSSR count). The van der Waals surface area contributed by atoms with E-state index in [0.717, 1.165) is 0 Å². The van der Waals surface area contributed by atoms with E-state index < -0.39 is 5.79 Å². The number of carbonyl (C=O) groups is 1. The lowest BCUT2D eigenvalue weighted by molar-refractivity contribution is 0.0745. The number of rotatable bonds is 4. The van der Waals surface area contributed by atoms with Crippen molar-refractivity contribution in [1.82, 2.24) is 31.3 Å². The van der Waals surface area contributed by atoms with Crippen LogP contribution >= 0.6 is 11.6 Å². The molecule has 1 saturated heterocycles. The van der Waals surface area contributed by atoms with Gasteiger partial charge in [-0.25, -0.2) is 15.2 Å². The number of amides is 2. The van der Waals surface area contributed by atoms with Crippen molar-refractivity contribution in [3.63, 3.8) is 0 Å². The monoisotopic (exact) mass is 285 g/mol. The fraction of sp³-hybridized carbons (Fsp3) is 0.500. The molecule has 1 aliphatic heterocycles. The van der Waals surface area contributed by atoms with Crippen molar-refractivity contribution in [3.8, 4) is 0 Å². The second-order valence-corrected chi connectivity index (χ2v) is 4.39. The van der Waals surface area contributed by atoms with E-state index in [1.165, 1.54) is 9.91 Å². The van der Waals surface area contributed by atoms with E-state index in [9.17, 15) is 4.79 Å². The lowest BCUT2D eigenvalue weighted by atomic mass is 10.3. The number of hydrogen-bond donors (Lipinski definition) is 3. The first kappa shape index (κ1) is 13.9. The van der Waals surface area contributed by atoms with E-state index >= 15 is 0 Å². The fourth-order valence-corrected chi connectivity index (χ4v) is 2.18. The zero-order chi connectivity index (χ0) is 14.0. The third kappa shape index (κ3) is 2.23. The Morgan fingerprint density at radius 2 is 1.95 bits per heavy atom. The third-order valence-corrected chi connectivity index (χ3v) is 3.34. The number of halogens is 1. The van der Waals surface area contributed by atoms with Gasteiger partial charge in [0, 0.05) is 7.05 Å². The maximum absolute atomic E-state index is 12.4. The van der Waals surface area contributed by atoms with Crippen molar-refractivity contribution < 1.29 is 4.79 Å². The maximum atomic E-state index is 12.4. The second-order valence-electron chi connectivity index (χ2n) is 4.00. The van der Waals surface area contributed by atoms with Gasteiger partial charge >= 0.3 is 6.03 Å². The summed E-state index contributed by atoms with van der Waals surface area (Å²) in [5, 5.41) is 15.6. The summed E-state index contributed by atoms with van der Waals surface area (Å²) in [7, 11) is 5.22. The van der Waals surface area contributed by atoms with Gasteiger partial charge in [-0.05, 0) is 26.2 Å². The molecule has 0 bridgehead atoms. The van der Waals surface area contributed by atoms with E-state index in [1.54, 1.807) is 33.3 Å². The molecule has 8 nitrogen and oxygen atoms in total. The van der Waals surface area contributed by atoms with Gasteiger partial charge in [0.25, 0.3) is 0 Å². The average Bonchev–Trinajstić information content (AvgIpc) is 2.72. The largest absolute Gasteiger partial charge is 0.343 e. The summed E-state index contributed by atoms with van der Waals surface area (Å²) in [4.78, 5) is 13.9.